The molecule has 108 valence electrons. The minimum absolute atomic E-state index is 0.131. The molecule has 1 rings (SSSR count). The van der Waals surface area contributed by atoms with Crippen LogP contribution in [0.25, 0.3) is 0 Å². The first-order valence-corrected chi connectivity index (χ1v) is 6.93. The summed E-state index contributed by atoms with van der Waals surface area (Å²) in [6.07, 6.45) is -4.56. The van der Waals surface area contributed by atoms with Crippen molar-refractivity contribution in [2.75, 3.05) is 27.2 Å². The maximum absolute atomic E-state index is 12.5. The van der Waals surface area contributed by atoms with E-state index in [4.69, 9.17) is 0 Å². The van der Waals surface area contributed by atoms with E-state index in [0.717, 1.165) is 18.2 Å². The zero-order valence-corrected chi connectivity index (χ0v) is 11.3. The van der Waals surface area contributed by atoms with Gasteiger partial charge in [-0.1, -0.05) is 6.07 Å². The first kappa shape index (κ1) is 15.9. The molecular formula is C11H15F3N2O2S. The van der Waals surface area contributed by atoms with Crippen molar-refractivity contribution < 1.29 is 21.6 Å². The molecule has 0 saturated carbocycles. The molecule has 1 N–H and O–H groups in total. The molecule has 0 fully saturated rings. The van der Waals surface area contributed by atoms with Crippen LogP contribution in [0.2, 0.25) is 0 Å². The van der Waals surface area contributed by atoms with Crippen molar-refractivity contribution in [3.63, 3.8) is 0 Å². The first-order valence-electron chi connectivity index (χ1n) is 5.44. The van der Waals surface area contributed by atoms with Crippen molar-refractivity contribution in [1.82, 2.24) is 9.62 Å². The van der Waals surface area contributed by atoms with E-state index < -0.39 is 21.8 Å². The number of hydrogen-bond acceptors (Lipinski definition) is 3. The maximum atomic E-state index is 12.5. The molecule has 0 unspecified atom stereocenters. The number of hydrogen-bond donors (Lipinski definition) is 1. The molecule has 0 bridgehead atoms. The number of halogens is 3. The number of alkyl halides is 3. The van der Waals surface area contributed by atoms with E-state index in [1.807, 2.05) is 0 Å². The second-order valence-electron chi connectivity index (χ2n) is 4.23. The Labute approximate surface area is 110 Å². The van der Waals surface area contributed by atoms with Crippen LogP contribution in [0.5, 0.6) is 0 Å². The van der Waals surface area contributed by atoms with Gasteiger partial charge in [0.05, 0.1) is 10.5 Å². The number of nitrogens with zero attached hydrogens (tertiary/aromatic N) is 1. The molecule has 0 heterocycles. The van der Waals surface area contributed by atoms with E-state index in [2.05, 4.69) is 4.72 Å². The third-order valence-corrected chi connectivity index (χ3v) is 3.78. The fraction of sp³-hybridized carbons (Fsp3) is 0.455. The summed E-state index contributed by atoms with van der Waals surface area (Å²) in [6, 6.07) is 3.66. The Balaban J connectivity index is 2.90. The summed E-state index contributed by atoms with van der Waals surface area (Å²) >= 11 is 0. The van der Waals surface area contributed by atoms with Crippen molar-refractivity contribution in [2.24, 2.45) is 0 Å². The molecule has 0 aliphatic carbocycles. The van der Waals surface area contributed by atoms with Gasteiger partial charge in [-0.15, -0.1) is 0 Å². The Morgan fingerprint density at radius 3 is 2.42 bits per heavy atom. The third kappa shape index (κ3) is 4.81. The number of likely N-dealkylation sites (N-methyl/N-ethyl adjacent to an activating group) is 1. The van der Waals surface area contributed by atoms with E-state index in [1.165, 1.54) is 0 Å². The molecule has 1 aromatic carbocycles. The Bertz CT molecular complexity index is 527. The fourth-order valence-corrected chi connectivity index (χ4v) is 2.39. The summed E-state index contributed by atoms with van der Waals surface area (Å²) in [6.45, 7) is 0.587. The van der Waals surface area contributed by atoms with Gasteiger partial charge in [-0.2, -0.15) is 13.2 Å². The lowest BCUT2D eigenvalue weighted by molar-refractivity contribution is -0.137. The highest BCUT2D eigenvalue weighted by molar-refractivity contribution is 7.89. The zero-order chi connectivity index (χ0) is 14.7. The molecule has 8 heteroatoms. The molecule has 0 atom stereocenters. The van der Waals surface area contributed by atoms with Gasteiger partial charge in [0.25, 0.3) is 0 Å². The monoisotopic (exact) mass is 296 g/mol. The second-order valence-corrected chi connectivity index (χ2v) is 5.99. The van der Waals surface area contributed by atoms with E-state index in [0.29, 0.717) is 12.6 Å². The standard InChI is InChI=1S/C11H15F3N2O2S/c1-16(2)7-6-15-19(17,18)10-5-3-4-9(8-10)11(12,13)14/h3-5,8,15H,6-7H2,1-2H3. The van der Waals surface area contributed by atoms with Gasteiger partial charge in [0.15, 0.2) is 0 Å². The van der Waals surface area contributed by atoms with Crippen LogP contribution in [0.15, 0.2) is 29.2 Å². The lowest BCUT2D eigenvalue weighted by Crippen LogP contribution is -2.31. The van der Waals surface area contributed by atoms with Gasteiger partial charge in [0, 0.05) is 13.1 Å². The topological polar surface area (TPSA) is 49.4 Å². The summed E-state index contributed by atoms with van der Waals surface area (Å²) in [5.41, 5.74) is -0.983. The summed E-state index contributed by atoms with van der Waals surface area (Å²) < 4.78 is 63.3. The molecule has 0 aromatic heterocycles. The van der Waals surface area contributed by atoms with Crippen LogP contribution in [0, 0.1) is 0 Å². The molecule has 1 aromatic rings. The summed E-state index contributed by atoms with van der Waals surface area (Å²) in [5.74, 6) is 0. The molecule has 4 nitrogen and oxygen atoms in total. The van der Waals surface area contributed by atoms with Crippen LogP contribution >= 0.6 is 0 Å². The van der Waals surface area contributed by atoms with Gasteiger partial charge < -0.3 is 4.90 Å². The van der Waals surface area contributed by atoms with Crippen molar-refractivity contribution >= 4 is 10.0 Å². The minimum atomic E-state index is -4.56. The second kappa shape index (κ2) is 5.89. The average molecular weight is 296 g/mol. The van der Waals surface area contributed by atoms with Gasteiger partial charge >= 0.3 is 6.18 Å². The average Bonchev–Trinajstić information content (AvgIpc) is 2.27. The lowest BCUT2D eigenvalue weighted by Gasteiger charge is -2.12. The maximum Gasteiger partial charge on any atom is 0.416 e. The summed E-state index contributed by atoms with van der Waals surface area (Å²) in [5, 5.41) is 0. The van der Waals surface area contributed by atoms with Gasteiger partial charge in [-0.25, -0.2) is 13.1 Å². The van der Waals surface area contributed by atoms with E-state index >= 15 is 0 Å². The molecule has 0 aliphatic rings. The first-order chi connectivity index (χ1) is 8.63. The van der Waals surface area contributed by atoms with Crippen molar-refractivity contribution in [1.29, 1.82) is 0 Å². The smallest absolute Gasteiger partial charge is 0.308 e. The number of sulfonamides is 1. The van der Waals surface area contributed by atoms with E-state index in [9.17, 15) is 21.6 Å². The highest BCUT2D eigenvalue weighted by atomic mass is 32.2. The normalized spacial score (nSPS) is 12.9. The summed E-state index contributed by atoms with van der Waals surface area (Å²) in [4.78, 5) is 1.37. The van der Waals surface area contributed by atoms with Crippen molar-refractivity contribution in [2.45, 2.75) is 11.1 Å². The highest BCUT2D eigenvalue weighted by Crippen LogP contribution is 2.30. The Kier molecular flexibility index (Phi) is 4.94. The molecule has 0 radical (unpaired) electrons. The Hall–Kier alpha value is -1.12. The number of nitrogens with one attached hydrogen (secondary N) is 1. The van der Waals surface area contributed by atoms with Crippen molar-refractivity contribution in [3.05, 3.63) is 29.8 Å². The molecule has 19 heavy (non-hydrogen) atoms. The molecule has 0 amide bonds. The Morgan fingerprint density at radius 1 is 1.26 bits per heavy atom. The molecule has 0 saturated heterocycles. The quantitative estimate of drug-likeness (QED) is 0.897. The van der Waals surface area contributed by atoms with Gasteiger partial charge in [0.1, 0.15) is 0 Å². The number of rotatable bonds is 5. The predicted molar refractivity (Wildman–Crippen MR) is 65.2 cm³/mol. The lowest BCUT2D eigenvalue weighted by atomic mass is 10.2. The van der Waals surface area contributed by atoms with Crippen LogP contribution in [0.3, 0.4) is 0 Å². The van der Waals surface area contributed by atoms with Gasteiger partial charge in [0.2, 0.25) is 10.0 Å². The van der Waals surface area contributed by atoms with Crippen LogP contribution < -0.4 is 4.72 Å². The largest absolute Gasteiger partial charge is 0.416 e. The van der Waals surface area contributed by atoms with Gasteiger partial charge in [-0.05, 0) is 32.3 Å². The van der Waals surface area contributed by atoms with E-state index in [-0.39, 0.29) is 11.4 Å². The fourth-order valence-electron chi connectivity index (χ4n) is 1.33. The minimum Gasteiger partial charge on any atom is -0.308 e. The van der Waals surface area contributed by atoms with E-state index in [1.54, 1.807) is 19.0 Å². The molecular weight excluding hydrogens is 281 g/mol. The third-order valence-electron chi connectivity index (χ3n) is 2.32. The predicted octanol–water partition coefficient (Wildman–Crippen LogP) is 1.55. The molecule has 0 aliphatic heterocycles. The van der Waals surface area contributed by atoms with Crippen molar-refractivity contribution in [3.8, 4) is 0 Å². The Morgan fingerprint density at radius 2 is 1.89 bits per heavy atom. The summed E-state index contributed by atoms with van der Waals surface area (Å²) in [7, 11) is -0.390. The highest BCUT2D eigenvalue weighted by Gasteiger charge is 2.31. The van der Waals surface area contributed by atoms with Gasteiger partial charge in [-0.3, -0.25) is 0 Å². The number of benzene rings is 1. The zero-order valence-electron chi connectivity index (χ0n) is 10.5. The van der Waals surface area contributed by atoms with Crippen LogP contribution in [0.1, 0.15) is 5.56 Å². The molecule has 0 spiro atoms. The van der Waals surface area contributed by atoms with Crippen LogP contribution in [0.4, 0.5) is 13.2 Å². The SMILES string of the molecule is CN(C)CCNS(=O)(=O)c1cccc(C(F)(F)F)c1. The van der Waals surface area contributed by atoms with Crippen LogP contribution in [-0.4, -0.2) is 40.5 Å². The van der Waals surface area contributed by atoms with Crippen LogP contribution in [-0.2, 0) is 16.2 Å².